The first-order valence-electron chi connectivity index (χ1n) is 7.28. The molecule has 7 nitrogen and oxygen atoms in total. The Morgan fingerprint density at radius 2 is 2.08 bits per heavy atom. The molecule has 0 N–H and O–H groups in total. The number of non-ortho nitro benzene ring substituents is 1. The van der Waals surface area contributed by atoms with Crippen LogP contribution in [0.5, 0.6) is 0 Å². The molecule has 3 aromatic rings. The van der Waals surface area contributed by atoms with Crippen molar-refractivity contribution in [3.8, 4) is 11.3 Å². The van der Waals surface area contributed by atoms with Crippen molar-refractivity contribution in [1.82, 2.24) is 9.97 Å². The van der Waals surface area contributed by atoms with Crippen LogP contribution in [0.2, 0.25) is 0 Å². The van der Waals surface area contributed by atoms with Gasteiger partial charge < -0.3 is 4.74 Å². The van der Waals surface area contributed by atoms with Crippen LogP contribution in [-0.2, 0) is 4.74 Å². The highest BCUT2D eigenvalue weighted by Crippen LogP contribution is 2.28. The van der Waals surface area contributed by atoms with Gasteiger partial charge in [0.15, 0.2) is 5.65 Å². The number of pyridine rings is 2. The number of hydrogen-bond acceptors (Lipinski definition) is 6. The van der Waals surface area contributed by atoms with E-state index < -0.39 is 10.9 Å². The largest absolute Gasteiger partial charge is 0.462 e. The van der Waals surface area contributed by atoms with Crippen LogP contribution in [0.15, 0.2) is 48.7 Å². The fourth-order valence-electron chi connectivity index (χ4n) is 2.36. The lowest BCUT2D eigenvalue weighted by Gasteiger charge is -2.10. The number of nitro benzene ring substituents is 1. The first kappa shape index (κ1) is 15.5. The van der Waals surface area contributed by atoms with Crippen LogP contribution in [0.25, 0.3) is 22.3 Å². The zero-order valence-corrected chi connectivity index (χ0v) is 12.8. The number of aromatic nitrogens is 2. The number of ether oxygens (including phenoxy) is 1. The molecule has 0 radical (unpaired) electrons. The van der Waals surface area contributed by atoms with Gasteiger partial charge in [0.2, 0.25) is 0 Å². The van der Waals surface area contributed by atoms with Crippen molar-refractivity contribution in [2.75, 3.05) is 6.61 Å². The molecule has 0 aliphatic rings. The van der Waals surface area contributed by atoms with E-state index in [4.69, 9.17) is 4.74 Å². The van der Waals surface area contributed by atoms with Crippen molar-refractivity contribution in [1.29, 1.82) is 0 Å². The van der Waals surface area contributed by atoms with Crippen molar-refractivity contribution in [3.05, 3.63) is 64.3 Å². The molecule has 0 bridgehead atoms. The molecule has 2 aromatic heterocycles. The number of nitrogens with zero attached hydrogens (tertiary/aromatic N) is 3. The molecule has 7 heteroatoms. The number of hydrogen-bond donors (Lipinski definition) is 0. The zero-order chi connectivity index (χ0) is 17.1. The Labute approximate surface area is 137 Å². The standard InChI is InChI=1S/C17H13N3O4/c1-2-24-17(21)14-10-12-6-4-8-18-16(12)19-15(14)11-5-3-7-13(9-11)20(22)23/h3-10H,2H2,1H3. The highest BCUT2D eigenvalue weighted by molar-refractivity contribution is 6.00. The van der Waals surface area contributed by atoms with Gasteiger partial charge in [-0.15, -0.1) is 0 Å². The Balaban J connectivity index is 2.24. The van der Waals surface area contributed by atoms with Gasteiger partial charge in [-0.2, -0.15) is 0 Å². The predicted molar refractivity (Wildman–Crippen MR) is 87.6 cm³/mol. The second-order valence-electron chi connectivity index (χ2n) is 4.96. The summed E-state index contributed by atoms with van der Waals surface area (Å²) < 4.78 is 5.08. The van der Waals surface area contributed by atoms with Crippen LogP contribution < -0.4 is 0 Å². The minimum Gasteiger partial charge on any atom is -0.462 e. The summed E-state index contributed by atoms with van der Waals surface area (Å²) in [6.45, 7) is 1.93. The fourth-order valence-corrected chi connectivity index (χ4v) is 2.36. The molecule has 0 spiro atoms. The first-order chi connectivity index (χ1) is 11.6. The van der Waals surface area contributed by atoms with Gasteiger partial charge in [0.25, 0.3) is 5.69 Å². The van der Waals surface area contributed by atoms with Gasteiger partial charge in [-0.25, -0.2) is 14.8 Å². The Hall–Kier alpha value is -3.35. The second-order valence-corrected chi connectivity index (χ2v) is 4.96. The van der Waals surface area contributed by atoms with Crippen molar-refractivity contribution < 1.29 is 14.5 Å². The molecule has 1 aromatic carbocycles. The van der Waals surface area contributed by atoms with E-state index in [1.165, 1.54) is 12.1 Å². The highest BCUT2D eigenvalue weighted by Gasteiger charge is 2.19. The third kappa shape index (κ3) is 2.91. The number of rotatable bonds is 4. The molecule has 120 valence electrons. The third-order valence-electron chi connectivity index (χ3n) is 3.42. The van der Waals surface area contributed by atoms with Gasteiger partial charge in [0.1, 0.15) is 0 Å². The SMILES string of the molecule is CCOC(=O)c1cc2cccnc2nc1-c1cccc([N+](=O)[O-])c1. The average molecular weight is 323 g/mol. The normalized spacial score (nSPS) is 10.5. The maximum Gasteiger partial charge on any atom is 0.340 e. The first-order valence-corrected chi connectivity index (χ1v) is 7.28. The lowest BCUT2D eigenvalue weighted by Crippen LogP contribution is -2.08. The van der Waals surface area contributed by atoms with E-state index in [9.17, 15) is 14.9 Å². The number of carbonyl (C=O) groups is 1. The lowest BCUT2D eigenvalue weighted by molar-refractivity contribution is -0.384. The van der Waals surface area contributed by atoms with Gasteiger partial charge in [-0.05, 0) is 25.1 Å². The van der Waals surface area contributed by atoms with Gasteiger partial charge in [0, 0.05) is 29.3 Å². The Kier molecular flexibility index (Phi) is 4.15. The molecule has 24 heavy (non-hydrogen) atoms. The molecule has 3 rings (SSSR count). The molecular weight excluding hydrogens is 310 g/mol. The monoisotopic (exact) mass is 323 g/mol. The molecule has 2 heterocycles. The van der Waals surface area contributed by atoms with Crippen LogP contribution in [0, 0.1) is 10.1 Å². The fraction of sp³-hybridized carbons (Fsp3) is 0.118. The van der Waals surface area contributed by atoms with Gasteiger partial charge in [-0.1, -0.05) is 12.1 Å². The summed E-state index contributed by atoms with van der Waals surface area (Å²) in [5.41, 5.74) is 1.39. The molecular formula is C17H13N3O4. The van der Waals surface area contributed by atoms with Gasteiger partial charge in [0.05, 0.1) is 22.8 Å². The van der Waals surface area contributed by atoms with E-state index in [0.717, 1.165) is 0 Å². The number of benzene rings is 1. The van der Waals surface area contributed by atoms with Crippen molar-refractivity contribution in [2.45, 2.75) is 6.92 Å². The third-order valence-corrected chi connectivity index (χ3v) is 3.42. The summed E-state index contributed by atoms with van der Waals surface area (Å²) in [6, 6.07) is 11.1. The van der Waals surface area contributed by atoms with Crippen molar-refractivity contribution >= 4 is 22.7 Å². The highest BCUT2D eigenvalue weighted by atomic mass is 16.6. The molecule has 0 saturated carbocycles. The number of carbonyl (C=O) groups excluding carboxylic acids is 1. The molecule has 0 aliphatic heterocycles. The Morgan fingerprint density at radius 3 is 2.83 bits per heavy atom. The van der Waals surface area contributed by atoms with E-state index in [1.54, 1.807) is 43.5 Å². The molecule has 0 aliphatic carbocycles. The van der Waals surface area contributed by atoms with E-state index >= 15 is 0 Å². The van der Waals surface area contributed by atoms with Crippen LogP contribution >= 0.6 is 0 Å². The maximum absolute atomic E-state index is 12.3. The van der Waals surface area contributed by atoms with Gasteiger partial charge in [-0.3, -0.25) is 10.1 Å². The summed E-state index contributed by atoms with van der Waals surface area (Å²) >= 11 is 0. The number of nitro groups is 1. The van der Waals surface area contributed by atoms with Crippen LogP contribution in [0.3, 0.4) is 0 Å². The quantitative estimate of drug-likeness (QED) is 0.415. The molecule has 0 fully saturated rings. The zero-order valence-electron chi connectivity index (χ0n) is 12.8. The average Bonchev–Trinajstić information content (AvgIpc) is 2.61. The molecule has 0 amide bonds. The van der Waals surface area contributed by atoms with E-state index in [-0.39, 0.29) is 17.9 Å². The maximum atomic E-state index is 12.3. The summed E-state index contributed by atoms with van der Waals surface area (Å²) in [7, 11) is 0. The Morgan fingerprint density at radius 1 is 1.25 bits per heavy atom. The smallest absolute Gasteiger partial charge is 0.340 e. The molecule has 0 saturated heterocycles. The predicted octanol–water partition coefficient (Wildman–Crippen LogP) is 3.38. The minimum absolute atomic E-state index is 0.0785. The van der Waals surface area contributed by atoms with Crippen molar-refractivity contribution in [3.63, 3.8) is 0 Å². The van der Waals surface area contributed by atoms with E-state index in [2.05, 4.69) is 9.97 Å². The summed E-state index contributed by atoms with van der Waals surface area (Å²) in [6.07, 6.45) is 1.59. The van der Waals surface area contributed by atoms with Crippen LogP contribution in [-0.4, -0.2) is 27.5 Å². The topological polar surface area (TPSA) is 95.2 Å². The van der Waals surface area contributed by atoms with Crippen molar-refractivity contribution in [2.24, 2.45) is 0 Å². The Bertz CT molecular complexity index is 940. The van der Waals surface area contributed by atoms with Crippen LogP contribution in [0.1, 0.15) is 17.3 Å². The summed E-state index contributed by atoms with van der Waals surface area (Å²) in [5, 5.41) is 11.7. The number of esters is 1. The molecule has 0 atom stereocenters. The number of fused-ring (bicyclic) bond motifs is 1. The van der Waals surface area contributed by atoms with Gasteiger partial charge >= 0.3 is 5.97 Å². The van der Waals surface area contributed by atoms with E-state index in [0.29, 0.717) is 22.3 Å². The van der Waals surface area contributed by atoms with E-state index in [1.807, 2.05) is 0 Å². The summed E-state index contributed by atoms with van der Waals surface area (Å²) in [4.78, 5) is 31.4. The minimum atomic E-state index is -0.530. The molecule has 0 unspecified atom stereocenters. The second kappa shape index (κ2) is 6.41. The van der Waals surface area contributed by atoms with Crippen LogP contribution in [0.4, 0.5) is 5.69 Å². The lowest BCUT2D eigenvalue weighted by atomic mass is 10.0. The summed E-state index contributed by atoms with van der Waals surface area (Å²) in [5.74, 6) is -0.530.